The minimum absolute atomic E-state index is 0.0697. The number of rotatable bonds is 4. The van der Waals surface area contributed by atoms with E-state index in [4.69, 9.17) is 0 Å². The van der Waals surface area contributed by atoms with Gasteiger partial charge in [-0.25, -0.2) is 0 Å². The topological polar surface area (TPSA) is 86.3 Å². The van der Waals surface area contributed by atoms with Gasteiger partial charge in [-0.2, -0.15) is 0 Å². The first-order valence-corrected chi connectivity index (χ1v) is 4.80. The highest BCUT2D eigenvalue weighted by molar-refractivity contribution is 6.02. The average Bonchev–Trinajstić information content (AvgIpc) is 2.27. The minimum Gasteiger partial charge on any atom is -0.545 e. The molecule has 0 saturated heterocycles. The Morgan fingerprint density at radius 2 is 1.71 bits per heavy atom. The molecule has 0 fully saturated rings. The lowest BCUT2D eigenvalue weighted by atomic mass is 10.1. The number of nitrogens with one attached hydrogen (secondary N) is 1. The van der Waals surface area contributed by atoms with Gasteiger partial charge in [-0.15, -0.1) is 0 Å². The third-order valence-electron chi connectivity index (χ3n) is 1.93. The second-order valence-electron chi connectivity index (χ2n) is 3.28. The molecule has 0 unspecified atom stereocenters. The van der Waals surface area contributed by atoms with Gasteiger partial charge in [-0.05, 0) is 37.3 Å². The molecule has 5 nitrogen and oxygen atoms in total. The number of carbonyl (C=O) groups is 3. The summed E-state index contributed by atoms with van der Waals surface area (Å²) in [4.78, 5) is 32.2. The molecule has 1 amide bonds. The number of aliphatic carboxylic acids is 1. The number of Topliss-reactive ketones (excluding diaryl/α,β-unsaturated/α-hetero) is 1. The van der Waals surface area contributed by atoms with Gasteiger partial charge in [0.25, 0.3) is 0 Å². The van der Waals surface area contributed by atoms with Crippen molar-refractivity contribution in [1.82, 2.24) is 0 Å². The maximum atomic E-state index is 11.2. The number of amides is 1. The van der Waals surface area contributed by atoms with Crippen LogP contribution < -0.4 is 10.4 Å². The van der Waals surface area contributed by atoms with Crippen LogP contribution in [0.15, 0.2) is 36.4 Å². The lowest BCUT2D eigenvalue weighted by molar-refractivity contribution is -0.297. The maximum absolute atomic E-state index is 11.2. The number of hydrogen-bond acceptors (Lipinski definition) is 4. The fourth-order valence-electron chi connectivity index (χ4n) is 1.12. The van der Waals surface area contributed by atoms with Crippen LogP contribution in [0.4, 0.5) is 5.69 Å². The number of carboxylic acids is 1. The molecular formula is C12H10NO4-. The van der Waals surface area contributed by atoms with E-state index in [0.717, 1.165) is 6.08 Å². The summed E-state index contributed by atoms with van der Waals surface area (Å²) in [5.41, 5.74) is 1.01. The number of carboxylic acid groups (broad SMARTS) is 1. The second kappa shape index (κ2) is 5.60. The Morgan fingerprint density at radius 1 is 1.12 bits per heavy atom. The Kier molecular flexibility index (Phi) is 4.16. The largest absolute Gasteiger partial charge is 0.545 e. The van der Waals surface area contributed by atoms with Crippen molar-refractivity contribution in [3.63, 3.8) is 0 Å². The van der Waals surface area contributed by atoms with Crippen molar-refractivity contribution in [3.8, 4) is 0 Å². The molecule has 0 aliphatic carbocycles. The van der Waals surface area contributed by atoms with Crippen molar-refractivity contribution in [2.75, 3.05) is 5.32 Å². The molecule has 0 spiro atoms. The second-order valence-corrected chi connectivity index (χ2v) is 3.28. The van der Waals surface area contributed by atoms with Crippen molar-refractivity contribution in [1.29, 1.82) is 0 Å². The van der Waals surface area contributed by atoms with Crippen LogP contribution in [0, 0.1) is 0 Å². The number of hydrogen-bond donors (Lipinski definition) is 1. The van der Waals surface area contributed by atoms with Gasteiger partial charge >= 0.3 is 0 Å². The number of benzene rings is 1. The van der Waals surface area contributed by atoms with Crippen molar-refractivity contribution in [2.45, 2.75) is 6.92 Å². The van der Waals surface area contributed by atoms with Crippen molar-refractivity contribution in [3.05, 3.63) is 42.0 Å². The Hall–Kier alpha value is -2.43. The van der Waals surface area contributed by atoms with Crippen LogP contribution in [-0.4, -0.2) is 17.7 Å². The predicted octanol–water partition coefficient (Wildman–Crippen LogP) is 0.134. The fourth-order valence-corrected chi connectivity index (χ4v) is 1.12. The number of ketones is 1. The molecule has 0 radical (unpaired) electrons. The van der Waals surface area contributed by atoms with Crippen LogP contribution in [0.3, 0.4) is 0 Å². The molecule has 0 heterocycles. The van der Waals surface area contributed by atoms with E-state index in [1.165, 1.54) is 6.92 Å². The summed E-state index contributed by atoms with van der Waals surface area (Å²) >= 11 is 0. The van der Waals surface area contributed by atoms with E-state index in [2.05, 4.69) is 5.32 Å². The molecule has 1 aromatic rings. The lowest BCUT2D eigenvalue weighted by Gasteiger charge is -2.02. The molecule has 17 heavy (non-hydrogen) atoms. The zero-order chi connectivity index (χ0) is 12.8. The summed E-state index contributed by atoms with van der Waals surface area (Å²) < 4.78 is 0. The maximum Gasteiger partial charge on any atom is 0.248 e. The van der Waals surface area contributed by atoms with Gasteiger partial charge in [-0.1, -0.05) is 0 Å². The Bertz CT molecular complexity index is 474. The molecule has 1 rings (SSSR count). The highest BCUT2D eigenvalue weighted by Gasteiger charge is 2.00. The van der Waals surface area contributed by atoms with Crippen LogP contribution in [0.25, 0.3) is 0 Å². The Labute approximate surface area is 97.8 Å². The molecule has 0 aromatic heterocycles. The van der Waals surface area contributed by atoms with Gasteiger partial charge in [0.05, 0.1) is 5.97 Å². The molecule has 0 aliphatic rings. The SMILES string of the molecule is CC(=O)c1ccc(NC(=O)C=CC(=O)[O-])cc1. The van der Waals surface area contributed by atoms with Crippen LogP contribution in [0.1, 0.15) is 17.3 Å². The molecule has 1 N–H and O–H groups in total. The first-order valence-electron chi connectivity index (χ1n) is 4.80. The minimum atomic E-state index is -1.44. The summed E-state index contributed by atoms with van der Waals surface area (Å²) in [6.45, 7) is 1.44. The summed E-state index contributed by atoms with van der Waals surface area (Å²) in [5, 5.41) is 12.5. The van der Waals surface area contributed by atoms with E-state index in [9.17, 15) is 19.5 Å². The van der Waals surface area contributed by atoms with E-state index < -0.39 is 11.9 Å². The summed E-state index contributed by atoms with van der Waals surface area (Å²) in [7, 11) is 0. The molecular weight excluding hydrogens is 222 g/mol. The highest BCUT2D eigenvalue weighted by atomic mass is 16.4. The van der Waals surface area contributed by atoms with Crippen LogP contribution in [-0.2, 0) is 9.59 Å². The van der Waals surface area contributed by atoms with Gasteiger partial charge < -0.3 is 15.2 Å². The zero-order valence-corrected chi connectivity index (χ0v) is 9.10. The fraction of sp³-hybridized carbons (Fsp3) is 0.0833. The molecule has 88 valence electrons. The van der Waals surface area contributed by atoms with Gasteiger partial charge in [0.15, 0.2) is 5.78 Å². The van der Waals surface area contributed by atoms with Gasteiger partial charge in [0.1, 0.15) is 0 Å². The van der Waals surface area contributed by atoms with E-state index in [-0.39, 0.29) is 5.78 Å². The number of anilines is 1. The molecule has 1 aromatic carbocycles. The molecule has 0 atom stereocenters. The van der Waals surface area contributed by atoms with Gasteiger partial charge in [0.2, 0.25) is 5.91 Å². The molecule has 0 bridgehead atoms. The third-order valence-corrected chi connectivity index (χ3v) is 1.93. The van der Waals surface area contributed by atoms with Crippen molar-refractivity contribution < 1.29 is 19.5 Å². The summed E-state index contributed by atoms with van der Waals surface area (Å²) in [6, 6.07) is 6.25. The van der Waals surface area contributed by atoms with Crippen molar-refractivity contribution in [2.24, 2.45) is 0 Å². The normalized spacial score (nSPS) is 10.2. The van der Waals surface area contributed by atoms with E-state index >= 15 is 0 Å². The van der Waals surface area contributed by atoms with E-state index in [1.54, 1.807) is 24.3 Å². The molecule has 5 heteroatoms. The smallest absolute Gasteiger partial charge is 0.248 e. The summed E-state index contributed by atoms with van der Waals surface area (Å²) in [6.07, 6.45) is 1.49. The Morgan fingerprint density at radius 3 is 2.18 bits per heavy atom. The molecule has 0 aliphatic heterocycles. The Balaban J connectivity index is 2.66. The van der Waals surface area contributed by atoms with Gasteiger partial charge in [0, 0.05) is 17.3 Å². The first-order chi connectivity index (χ1) is 7.99. The van der Waals surface area contributed by atoms with Crippen LogP contribution in [0.2, 0.25) is 0 Å². The zero-order valence-electron chi connectivity index (χ0n) is 9.10. The first kappa shape index (κ1) is 12.6. The highest BCUT2D eigenvalue weighted by Crippen LogP contribution is 2.09. The standard InChI is InChI=1S/C12H11NO4/c1-8(14)9-2-4-10(5-3-9)13-11(15)6-7-12(16)17/h2-7H,1H3,(H,13,15)(H,16,17)/p-1. The van der Waals surface area contributed by atoms with Crippen molar-refractivity contribution >= 4 is 23.3 Å². The van der Waals surface area contributed by atoms with Gasteiger partial charge in [-0.3, -0.25) is 9.59 Å². The molecule has 0 saturated carbocycles. The van der Waals surface area contributed by atoms with Crippen LogP contribution >= 0.6 is 0 Å². The van der Waals surface area contributed by atoms with E-state index in [1.807, 2.05) is 0 Å². The quantitative estimate of drug-likeness (QED) is 0.590. The number of carbonyl (C=O) groups excluding carboxylic acids is 3. The monoisotopic (exact) mass is 232 g/mol. The lowest BCUT2D eigenvalue weighted by Crippen LogP contribution is -2.20. The predicted molar refractivity (Wildman–Crippen MR) is 59.2 cm³/mol. The average molecular weight is 232 g/mol. The van der Waals surface area contributed by atoms with Crippen LogP contribution in [0.5, 0.6) is 0 Å². The third kappa shape index (κ3) is 4.29. The van der Waals surface area contributed by atoms with E-state index in [0.29, 0.717) is 17.3 Å². The summed E-state index contributed by atoms with van der Waals surface area (Å²) in [5.74, 6) is -2.09.